The number of aliphatic imine (C=N–C) groups is 1. The maximum Gasteiger partial charge on any atom is 0.259 e. The van der Waals surface area contributed by atoms with Gasteiger partial charge >= 0.3 is 0 Å². The van der Waals surface area contributed by atoms with E-state index >= 15 is 0 Å². The first-order valence-corrected chi connectivity index (χ1v) is 8.76. The Hall–Kier alpha value is -2.40. The molecule has 0 aliphatic carbocycles. The first-order valence-electron chi connectivity index (χ1n) is 8.39. The molecule has 1 saturated heterocycles. The van der Waals surface area contributed by atoms with Gasteiger partial charge in [0.1, 0.15) is 5.56 Å². The largest absolute Gasteiger partial charge is 0.355 e. The van der Waals surface area contributed by atoms with Gasteiger partial charge in [-0.05, 0) is 42.7 Å². The zero-order chi connectivity index (χ0) is 17.2. The Morgan fingerprint density at radius 2 is 2.12 bits per heavy atom. The number of nitrogens with zero attached hydrogens (tertiary/aromatic N) is 3. The predicted molar refractivity (Wildman–Crippen MR) is 96.9 cm³/mol. The number of hydrogen-bond acceptors (Lipinski definition) is 4. The number of carbonyl (C=O) groups is 1. The molecule has 0 spiro atoms. The van der Waals surface area contributed by atoms with Crippen LogP contribution in [0.4, 0.5) is 0 Å². The molecule has 25 heavy (non-hydrogen) atoms. The summed E-state index contributed by atoms with van der Waals surface area (Å²) in [6.45, 7) is 2.31. The number of carbonyl (C=O) groups excluding carboxylic acids is 1. The summed E-state index contributed by atoms with van der Waals surface area (Å²) in [5.41, 5.74) is 1.30. The molecule has 1 aromatic heterocycles. The van der Waals surface area contributed by atoms with Crippen molar-refractivity contribution in [3.05, 3.63) is 53.2 Å². The van der Waals surface area contributed by atoms with Crippen molar-refractivity contribution in [2.45, 2.75) is 6.42 Å². The number of likely N-dealkylation sites (tertiary alicyclic amines) is 1. The Kier molecular flexibility index (Phi) is 4.40. The van der Waals surface area contributed by atoms with Crippen LogP contribution in [0, 0.1) is 11.8 Å². The van der Waals surface area contributed by atoms with Crippen molar-refractivity contribution in [1.29, 1.82) is 0 Å². The van der Waals surface area contributed by atoms with Gasteiger partial charge in [0.15, 0.2) is 5.76 Å². The van der Waals surface area contributed by atoms with Gasteiger partial charge in [-0.3, -0.25) is 9.79 Å². The second kappa shape index (κ2) is 6.84. The van der Waals surface area contributed by atoms with Crippen LogP contribution < -0.4 is 0 Å². The SMILES string of the molecule is O=C(c1cnoc1-c1ccc(Cl)cc1)N1CC[C@@H](C2C=CC=NC2)C1. The minimum absolute atomic E-state index is 0.0306. The van der Waals surface area contributed by atoms with E-state index in [1.165, 1.54) is 6.20 Å². The first-order chi connectivity index (χ1) is 12.2. The Balaban J connectivity index is 1.51. The first kappa shape index (κ1) is 16.1. The van der Waals surface area contributed by atoms with Crippen LogP contribution in [-0.4, -0.2) is 41.8 Å². The Morgan fingerprint density at radius 3 is 2.88 bits per heavy atom. The number of benzene rings is 1. The molecule has 0 N–H and O–H groups in total. The van der Waals surface area contributed by atoms with Crippen molar-refractivity contribution in [3.63, 3.8) is 0 Å². The summed E-state index contributed by atoms with van der Waals surface area (Å²) < 4.78 is 5.34. The van der Waals surface area contributed by atoms with Crippen molar-refractivity contribution in [1.82, 2.24) is 10.1 Å². The van der Waals surface area contributed by atoms with E-state index in [1.54, 1.807) is 12.1 Å². The number of aromatic nitrogens is 1. The predicted octanol–water partition coefficient (Wildman–Crippen LogP) is 3.71. The molecule has 3 heterocycles. The van der Waals surface area contributed by atoms with E-state index in [0.717, 1.165) is 31.6 Å². The van der Waals surface area contributed by atoms with Gasteiger partial charge in [0.05, 0.1) is 6.20 Å². The van der Waals surface area contributed by atoms with Crippen molar-refractivity contribution >= 4 is 23.7 Å². The van der Waals surface area contributed by atoms with Crippen LogP contribution >= 0.6 is 11.6 Å². The second-order valence-electron chi connectivity index (χ2n) is 6.44. The Morgan fingerprint density at radius 1 is 1.28 bits per heavy atom. The van der Waals surface area contributed by atoms with E-state index in [1.807, 2.05) is 29.3 Å². The summed E-state index contributed by atoms with van der Waals surface area (Å²) in [7, 11) is 0. The van der Waals surface area contributed by atoms with E-state index in [4.69, 9.17) is 16.1 Å². The van der Waals surface area contributed by atoms with Crippen molar-refractivity contribution in [2.24, 2.45) is 16.8 Å². The number of rotatable bonds is 3. The zero-order valence-corrected chi connectivity index (χ0v) is 14.4. The van der Waals surface area contributed by atoms with E-state index in [2.05, 4.69) is 16.2 Å². The number of amides is 1. The number of allylic oxidation sites excluding steroid dienone is 1. The standard InChI is InChI=1S/C19H18ClN3O2/c20-16-5-3-13(4-6-16)18-17(11-22-25-18)19(24)23-9-7-15(12-23)14-2-1-8-21-10-14/h1-6,8,11,14-15H,7,9-10,12H2/t14?,15-/m1/s1. The monoisotopic (exact) mass is 355 g/mol. The molecule has 5 nitrogen and oxygen atoms in total. The quantitative estimate of drug-likeness (QED) is 0.843. The molecule has 2 aromatic rings. The lowest BCUT2D eigenvalue weighted by Gasteiger charge is -2.21. The third-order valence-corrected chi connectivity index (χ3v) is 5.14. The summed E-state index contributed by atoms with van der Waals surface area (Å²) in [5.74, 6) is 1.33. The van der Waals surface area contributed by atoms with Crippen LogP contribution in [0.15, 0.2) is 52.1 Å². The minimum Gasteiger partial charge on any atom is -0.355 e. The normalized spacial score (nSPS) is 22.5. The lowest BCUT2D eigenvalue weighted by atomic mass is 9.90. The maximum absolute atomic E-state index is 12.9. The fourth-order valence-electron chi connectivity index (χ4n) is 3.50. The van der Waals surface area contributed by atoms with Crippen LogP contribution in [0.1, 0.15) is 16.8 Å². The number of hydrogen-bond donors (Lipinski definition) is 0. The van der Waals surface area contributed by atoms with E-state index in [0.29, 0.717) is 28.2 Å². The topological polar surface area (TPSA) is 58.7 Å². The Labute approximate surface area is 151 Å². The lowest BCUT2D eigenvalue weighted by molar-refractivity contribution is 0.0785. The van der Waals surface area contributed by atoms with Gasteiger partial charge in [-0.15, -0.1) is 0 Å². The second-order valence-corrected chi connectivity index (χ2v) is 6.87. The van der Waals surface area contributed by atoms with E-state index in [9.17, 15) is 4.79 Å². The molecule has 0 radical (unpaired) electrons. The maximum atomic E-state index is 12.9. The Bertz CT molecular complexity index is 825. The minimum atomic E-state index is -0.0306. The smallest absolute Gasteiger partial charge is 0.259 e. The van der Waals surface area contributed by atoms with Crippen LogP contribution in [0.5, 0.6) is 0 Å². The van der Waals surface area contributed by atoms with Crippen LogP contribution in [0.2, 0.25) is 5.02 Å². The van der Waals surface area contributed by atoms with Crippen LogP contribution in [0.3, 0.4) is 0 Å². The van der Waals surface area contributed by atoms with Crippen molar-refractivity contribution in [2.75, 3.05) is 19.6 Å². The molecule has 0 saturated carbocycles. The summed E-state index contributed by atoms with van der Waals surface area (Å²) in [4.78, 5) is 19.2. The highest BCUT2D eigenvalue weighted by Crippen LogP contribution is 2.30. The van der Waals surface area contributed by atoms with Gasteiger partial charge in [-0.25, -0.2) is 0 Å². The van der Waals surface area contributed by atoms with Gasteiger partial charge in [0.2, 0.25) is 0 Å². The van der Waals surface area contributed by atoms with Crippen molar-refractivity contribution < 1.29 is 9.32 Å². The fraction of sp³-hybridized carbons (Fsp3) is 0.316. The van der Waals surface area contributed by atoms with Gasteiger partial charge in [0.25, 0.3) is 5.91 Å². The molecule has 6 heteroatoms. The molecular formula is C19H18ClN3O2. The molecule has 128 valence electrons. The molecule has 4 rings (SSSR count). The highest BCUT2D eigenvalue weighted by Gasteiger charge is 2.33. The molecule has 2 aliphatic heterocycles. The molecule has 1 aromatic carbocycles. The molecule has 1 amide bonds. The van der Waals surface area contributed by atoms with Crippen LogP contribution in [0.25, 0.3) is 11.3 Å². The van der Waals surface area contributed by atoms with Crippen LogP contribution in [-0.2, 0) is 0 Å². The lowest BCUT2D eigenvalue weighted by Crippen LogP contribution is -2.30. The highest BCUT2D eigenvalue weighted by molar-refractivity contribution is 6.30. The average Bonchev–Trinajstić information content (AvgIpc) is 3.32. The summed E-state index contributed by atoms with van der Waals surface area (Å²) in [6.07, 6.45) is 8.54. The van der Waals surface area contributed by atoms with Gasteiger partial charge < -0.3 is 9.42 Å². The van der Waals surface area contributed by atoms with E-state index < -0.39 is 0 Å². The number of halogens is 1. The van der Waals surface area contributed by atoms with E-state index in [-0.39, 0.29) is 5.91 Å². The van der Waals surface area contributed by atoms with Gasteiger partial charge in [0, 0.05) is 42.4 Å². The molecular weight excluding hydrogens is 338 g/mol. The zero-order valence-electron chi connectivity index (χ0n) is 13.6. The summed E-state index contributed by atoms with van der Waals surface area (Å²) in [6, 6.07) is 7.21. The third kappa shape index (κ3) is 3.24. The highest BCUT2D eigenvalue weighted by atomic mass is 35.5. The third-order valence-electron chi connectivity index (χ3n) is 4.89. The summed E-state index contributed by atoms with van der Waals surface area (Å²) >= 11 is 5.93. The molecule has 1 fully saturated rings. The van der Waals surface area contributed by atoms with Crippen molar-refractivity contribution in [3.8, 4) is 11.3 Å². The summed E-state index contributed by atoms with van der Waals surface area (Å²) in [5, 5.41) is 4.48. The molecule has 0 bridgehead atoms. The average molecular weight is 356 g/mol. The van der Waals surface area contributed by atoms with Gasteiger partial charge in [-0.2, -0.15) is 0 Å². The fourth-order valence-corrected chi connectivity index (χ4v) is 3.62. The molecule has 2 atom stereocenters. The molecule has 2 aliphatic rings. The number of dihydropyridines is 1. The molecule has 1 unspecified atom stereocenters. The van der Waals surface area contributed by atoms with Gasteiger partial charge in [-0.1, -0.05) is 22.8 Å².